The van der Waals surface area contributed by atoms with Crippen LogP contribution in [0.2, 0.25) is 5.02 Å². The van der Waals surface area contributed by atoms with Crippen LogP contribution in [0.1, 0.15) is 29.6 Å². The number of anilines is 1. The zero-order valence-electron chi connectivity index (χ0n) is 11.3. The molecule has 2 amide bonds. The summed E-state index contributed by atoms with van der Waals surface area (Å²) in [5.41, 5.74) is 0.932. The van der Waals surface area contributed by atoms with Crippen molar-refractivity contribution in [3.63, 3.8) is 0 Å². The first-order valence-electron chi connectivity index (χ1n) is 6.65. The predicted octanol–water partition coefficient (Wildman–Crippen LogP) is 1.78. The Bertz CT molecular complexity index is 513. The molecule has 1 fully saturated rings. The minimum Gasteiger partial charge on any atom is -0.355 e. The quantitative estimate of drug-likeness (QED) is 0.793. The highest BCUT2D eigenvalue weighted by atomic mass is 35.5. The Kier molecular flexibility index (Phi) is 4.98. The van der Waals surface area contributed by atoms with Crippen LogP contribution in [0.4, 0.5) is 5.69 Å². The molecule has 1 aliphatic rings. The highest BCUT2D eigenvalue weighted by Gasteiger charge is 2.18. The van der Waals surface area contributed by atoms with E-state index in [1.165, 1.54) is 0 Å². The summed E-state index contributed by atoms with van der Waals surface area (Å²) in [5.74, 6) is -0.310. The largest absolute Gasteiger partial charge is 0.355 e. The van der Waals surface area contributed by atoms with E-state index in [4.69, 9.17) is 11.6 Å². The third-order valence-electron chi connectivity index (χ3n) is 3.32. The number of carbonyl (C=O) groups excluding carboxylic acids is 2. The molecular formula is C14H18ClN3O2. The number of hydrogen-bond acceptors (Lipinski definition) is 3. The first-order valence-corrected chi connectivity index (χ1v) is 7.03. The summed E-state index contributed by atoms with van der Waals surface area (Å²) < 4.78 is 0. The number of nitrogens with one attached hydrogen (secondary N) is 3. The maximum Gasteiger partial charge on any atom is 0.251 e. The van der Waals surface area contributed by atoms with Gasteiger partial charge in [-0.15, -0.1) is 0 Å². The number of benzene rings is 1. The Morgan fingerprint density at radius 1 is 1.45 bits per heavy atom. The number of halogens is 1. The minimum atomic E-state index is -0.213. The van der Waals surface area contributed by atoms with Gasteiger partial charge in [0.25, 0.3) is 5.91 Å². The Balaban J connectivity index is 2.03. The minimum absolute atomic E-state index is 0.0969. The molecule has 0 radical (unpaired) electrons. The molecule has 0 spiro atoms. The van der Waals surface area contributed by atoms with Gasteiger partial charge in [-0.25, -0.2) is 0 Å². The van der Waals surface area contributed by atoms with Crippen molar-refractivity contribution in [3.8, 4) is 0 Å². The summed E-state index contributed by atoms with van der Waals surface area (Å²) in [6.45, 7) is 0.963. The van der Waals surface area contributed by atoms with Crippen LogP contribution < -0.4 is 16.0 Å². The number of amides is 2. The molecule has 0 aromatic heterocycles. The van der Waals surface area contributed by atoms with Crippen molar-refractivity contribution < 1.29 is 9.59 Å². The standard InChI is InChI=1S/C14H18ClN3O2/c1-16-14(20)9-4-5-11(15)12(7-9)18-13(19)8-10-3-2-6-17-10/h4-5,7,10,17H,2-3,6,8H2,1H3,(H,16,20)(H,18,19). The summed E-state index contributed by atoms with van der Waals surface area (Å²) in [6.07, 6.45) is 2.53. The summed E-state index contributed by atoms with van der Waals surface area (Å²) in [4.78, 5) is 23.5. The van der Waals surface area contributed by atoms with E-state index in [9.17, 15) is 9.59 Å². The van der Waals surface area contributed by atoms with E-state index in [1.54, 1.807) is 25.2 Å². The van der Waals surface area contributed by atoms with Gasteiger partial charge in [0.1, 0.15) is 0 Å². The molecule has 1 aromatic carbocycles. The van der Waals surface area contributed by atoms with Crippen molar-refractivity contribution in [2.75, 3.05) is 18.9 Å². The van der Waals surface area contributed by atoms with Crippen LogP contribution in [-0.2, 0) is 4.79 Å². The van der Waals surface area contributed by atoms with Crippen molar-refractivity contribution in [1.29, 1.82) is 0 Å². The number of hydrogen-bond donors (Lipinski definition) is 3. The normalized spacial score (nSPS) is 17.8. The van der Waals surface area contributed by atoms with E-state index < -0.39 is 0 Å². The summed E-state index contributed by atoms with van der Waals surface area (Å²) in [7, 11) is 1.56. The molecule has 2 rings (SSSR count). The molecule has 5 nitrogen and oxygen atoms in total. The second-order valence-electron chi connectivity index (χ2n) is 4.82. The molecule has 108 valence electrons. The van der Waals surface area contributed by atoms with Gasteiger partial charge in [0.2, 0.25) is 5.91 Å². The molecule has 1 aromatic rings. The van der Waals surface area contributed by atoms with E-state index in [-0.39, 0.29) is 17.9 Å². The summed E-state index contributed by atoms with van der Waals surface area (Å²) >= 11 is 6.04. The maximum atomic E-state index is 12.0. The van der Waals surface area contributed by atoms with Gasteiger partial charge >= 0.3 is 0 Å². The third kappa shape index (κ3) is 3.71. The van der Waals surface area contributed by atoms with Crippen molar-refractivity contribution in [1.82, 2.24) is 10.6 Å². The smallest absolute Gasteiger partial charge is 0.251 e. The summed E-state index contributed by atoms with van der Waals surface area (Å²) in [6, 6.07) is 5.04. The Morgan fingerprint density at radius 3 is 2.90 bits per heavy atom. The van der Waals surface area contributed by atoms with Gasteiger partial charge < -0.3 is 16.0 Å². The van der Waals surface area contributed by atoms with E-state index in [0.29, 0.717) is 22.7 Å². The number of rotatable bonds is 4. The van der Waals surface area contributed by atoms with Gasteiger partial charge in [-0.3, -0.25) is 9.59 Å². The molecule has 1 aliphatic heterocycles. The van der Waals surface area contributed by atoms with Gasteiger partial charge in [0, 0.05) is 25.1 Å². The highest BCUT2D eigenvalue weighted by Crippen LogP contribution is 2.23. The molecule has 0 bridgehead atoms. The molecule has 3 N–H and O–H groups in total. The zero-order chi connectivity index (χ0) is 14.5. The lowest BCUT2D eigenvalue weighted by Crippen LogP contribution is -2.27. The van der Waals surface area contributed by atoms with Crippen molar-refractivity contribution in [2.24, 2.45) is 0 Å². The van der Waals surface area contributed by atoms with Crippen LogP contribution >= 0.6 is 11.6 Å². The average molecular weight is 296 g/mol. The topological polar surface area (TPSA) is 70.2 Å². The fourth-order valence-corrected chi connectivity index (χ4v) is 2.43. The zero-order valence-corrected chi connectivity index (χ0v) is 12.1. The number of carbonyl (C=O) groups is 2. The van der Waals surface area contributed by atoms with Gasteiger partial charge in [-0.05, 0) is 37.6 Å². The fourth-order valence-electron chi connectivity index (χ4n) is 2.26. The van der Waals surface area contributed by atoms with Gasteiger partial charge in [-0.2, -0.15) is 0 Å². The lowest BCUT2D eigenvalue weighted by atomic mass is 10.1. The van der Waals surface area contributed by atoms with E-state index >= 15 is 0 Å². The van der Waals surface area contributed by atoms with Gasteiger partial charge in [-0.1, -0.05) is 11.6 Å². The second-order valence-corrected chi connectivity index (χ2v) is 5.23. The first kappa shape index (κ1) is 14.8. The van der Waals surface area contributed by atoms with Crippen LogP contribution in [0, 0.1) is 0 Å². The van der Waals surface area contributed by atoms with Crippen LogP contribution in [0.3, 0.4) is 0 Å². The van der Waals surface area contributed by atoms with Gasteiger partial charge in [0.15, 0.2) is 0 Å². The molecule has 1 heterocycles. The molecule has 1 atom stereocenters. The molecule has 1 saturated heterocycles. The van der Waals surface area contributed by atoms with Crippen molar-refractivity contribution in [3.05, 3.63) is 28.8 Å². The average Bonchev–Trinajstić information content (AvgIpc) is 2.93. The SMILES string of the molecule is CNC(=O)c1ccc(Cl)c(NC(=O)CC2CCCN2)c1. The lowest BCUT2D eigenvalue weighted by Gasteiger charge is -2.12. The van der Waals surface area contributed by atoms with E-state index in [0.717, 1.165) is 19.4 Å². The molecule has 0 saturated carbocycles. The van der Waals surface area contributed by atoms with Crippen LogP contribution in [-0.4, -0.2) is 31.4 Å². The fraction of sp³-hybridized carbons (Fsp3) is 0.429. The van der Waals surface area contributed by atoms with Crippen LogP contribution in [0.15, 0.2) is 18.2 Å². The lowest BCUT2D eigenvalue weighted by molar-refractivity contribution is -0.116. The predicted molar refractivity (Wildman–Crippen MR) is 79.1 cm³/mol. The molecular weight excluding hydrogens is 278 g/mol. The molecule has 1 unspecified atom stereocenters. The third-order valence-corrected chi connectivity index (χ3v) is 3.65. The van der Waals surface area contributed by atoms with Crippen LogP contribution in [0.5, 0.6) is 0 Å². The Labute approximate surface area is 123 Å². The Morgan fingerprint density at radius 2 is 2.25 bits per heavy atom. The monoisotopic (exact) mass is 295 g/mol. The van der Waals surface area contributed by atoms with Gasteiger partial charge in [0.05, 0.1) is 10.7 Å². The highest BCUT2D eigenvalue weighted by molar-refractivity contribution is 6.33. The molecule has 6 heteroatoms. The van der Waals surface area contributed by atoms with Crippen molar-refractivity contribution in [2.45, 2.75) is 25.3 Å². The Hall–Kier alpha value is -1.59. The molecule has 0 aliphatic carbocycles. The molecule has 20 heavy (non-hydrogen) atoms. The van der Waals surface area contributed by atoms with E-state index in [2.05, 4.69) is 16.0 Å². The second kappa shape index (κ2) is 6.72. The summed E-state index contributed by atoms with van der Waals surface area (Å²) in [5, 5.41) is 8.99. The van der Waals surface area contributed by atoms with E-state index in [1.807, 2.05) is 0 Å². The first-order chi connectivity index (χ1) is 9.60. The maximum absolute atomic E-state index is 12.0. The van der Waals surface area contributed by atoms with Crippen LogP contribution in [0.25, 0.3) is 0 Å². The van der Waals surface area contributed by atoms with Crippen molar-refractivity contribution >= 4 is 29.1 Å².